The molecule has 1 unspecified atom stereocenters. The smallest absolute Gasteiger partial charge is 0.249 e. The van der Waals surface area contributed by atoms with Crippen LogP contribution in [-0.4, -0.2) is 18.6 Å². The van der Waals surface area contributed by atoms with Crippen LogP contribution in [0.15, 0.2) is 72.8 Å². The Morgan fingerprint density at radius 1 is 1.00 bits per heavy atom. The van der Waals surface area contributed by atoms with Crippen LogP contribution >= 0.6 is 0 Å². The van der Waals surface area contributed by atoms with Gasteiger partial charge in [-0.2, -0.15) is 0 Å². The van der Waals surface area contributed by atoms with E-state index in [-0.39, 0.29) is 5.91 Å². The van der Waals surface area contributed by atoms with Gasteiger partial charge in [0, 0.05) is 13.0 Å². The second-order valence-electron chi connectivity index (χ2n) is 7.27. The first-order valence-electron chi connectivity index (χ1n) is 9.97. The molecule has 0 aromatic heterocycles. The van der Waals surface area contributed by atoms with E-state index in [9.17, 15) is 4.79 Å². The third kappa shape index (κ3) is 4.84. The van der Waals surface area contributed by atoms with Crippen molar-refractivity contribution >= 4 is 5.91 Å². The average molecular weight is 387 g/mol. The van der Waals surface area contributed by atoms with Gasteiger partial charge in [0.1, 0.15) is 11.9 Å². The second-order valence-corrected chi connectivity index (χ2v) is 7.27. The summed E-state index contributed by atoms with van der Waals surface area (Å²) in [5, 5.41) is 2.95. The lowest BCUT2D eigenvalue weighted by atomic mass is 10.0. The van der Waals surface area contributed by atoms with Crippen LogP contribution in [0.3, 0.4) is 0 Å². The van der Waals surface area contributed by atoms with E-state index in [0.717, 1.165) is 35.5 Å². The van der Waals surface area contributed by atoms with E-state index in [1.807, 2.05) is 36.4 Å². The third-order valence-electron chi connectivity index (χ3n) is 5.16. The summed E-state index contributed by atoms with van der Waals surface area (Å²) in [6.07, 6.45) is 0.473. The monoisotopic (exact) mass is 387 g/mol. The summed E-state index contributed by atoms with van der Waals surface area (Å²) >= 11 is 0. The van der Waals surface area contributed by atoms with Crippen LogP contribution in [0.25, 0.3) is 11.1 Å². The molecule has 0 radical (unpaired) electrons. The molecule has 3 aromatic carbocycles. The Morgan fingerprint density at radius 2 is 1.76 bits per heavy atom. The molecule has 1 atom stereocenters. The highest BCUT2D eigenvalue weighted by Crippen LogP contribution is 2.30. The topological polar surface area (TPSA) is 47.6 Å². The summed E-state index contributed by atoms with van der Waals surface area (Å²) in [5.74, 6) is 0.889. The predicted molar refractivity (Wildman–Crippen MR) is 114 cm³/mol. The first-order valence-corrected chi connectivity index (χ1v) is 9.97. The van der Waals surface area contributed by atoms with Gasteiger partial charge in [-0.1, -0.05) is 60.7 Å². The third-order valence-corrected chi connectivity index (χ3v) is 5.16. The van der Waals surface area contributed by atoms with E-state index in [1.54, 1.807) is 6.92 Å². The van der Waals surface area contributed by atoms with Crippen LogP contribution in [-0.2, 0) is 29.1 Å². The number of ether oxygens (including phenoxy) is 2. The molecule has 1 heterocycles. The fraction of sp³-hybridized carbons (Fsp3) is 0.240. The van der Waals surface area contributed by atoms with Crippen LogP contribution in [0.1, 0.15) is 23.6 Å². The van der Waals surface area contributed by atoms with E-state index < -0.39 is 6.10 Å². The minimum absolute atomic E-state index is 0.108. The Morgan fingerprint density at radius 3 is 2.55 bits per heavy atom. The second kappa shape index (κ2) is 8.93. The van der Waals surface area contributed by atoms with Gasteiger partial charge >= 0.3 is 0 Å². The van der Waals surface area contributed by atoms with Gasteiger partial charge in [0.05, 0.1) is 13.2 Å². The molecule has 1 N–H and O–H groups in total. The van der Waals surface area contributed by atoms with Crippen molar-refractivity contribution in [3.8, 4) is 16.9 Å². The van der Waals surface area contributed by atoms with Crippen molar-refractivity contribution < 1.29 is 14.3 Å². The molecule has 0 aliphatic carbocycles. The van der Waals surface area contributed by atoms with E-state index >= 15 is 0 Å². The zero-order valence-corrected chi connectivity index (χ0v) is 16.6. The molecule has 1 aliphatic heterocycles. The van der Waals surface area contributed by atoms with Gasteiger partial charge in [-0.25, -0.2) is 0 Å². The molecule has 0 spiro atoms. The molecule has 0 saturated heterocycles. The van der Waals surface area contributed by atoms with Crippen LogP contribution in [0.4, 0.5) is 0 Å². The van der Waals surface area contributed by atoms with E-state index in [4.69, 9.17) is 9.47 Å². The Hall–Kier alpha value is -3.11. The van der Waals surface area contributed by atoms with Crippen molar-refractivity contribution in [2.24, 2.45) is 0 Å². The maximum atomic E-state index is 12.3. The summed E-state index contributed by atoms with van der Waals surface area (Å²) in [5.41, 5.74) is 5.73. The molecule has 4 rings (SSSR count). The van der Waals surface area contributed by atoms with Crippen molar-refractivity contribution in [2.75, 3.05) is 6.61 Å². The lowest BCUT2D eigenvalue weighted by Crippen LogP contribution is -2.33. The van der Waals surface area contributed by atoms with Crippen molar-refractivity contribution in [1.82, 2.24) is 5.32 Å². The summed E-state index contributed by atoms with van der Waals surface area (Å²) in [6.45, 7) is 3.45. The quantitative estimate of drug-likeness (QED) is 0.649. The first-order chi connectivity index (χ1) is 14.2. The summed E-state index contributed by atoms with van der Waals surface area (Å²) in [4.78, 5) is 12.3. The molecule has 0 saturated carbocycles. The number of hydrogen-bond acceptors (Lipinski definition) is 3. The van der Waals surface area contributed by atoms with Crippen molar-refractivity contribution in [3.05, 3.63) is 89.5 Å². The zero-order valence-electron chi connectivity index (χ0n) is 16.6. The van der Waals surface area contributed by atoms with Crippen LogP contribution in [0, 0.1) is 0 Å². The van der Waals surface area contributed by atoms with Gasteiger partial charge in [0.25, 0.3) is 0 Å². The Labute approximate surface area is 171 Å². The maximum Gasteiger partial charge on any atom is 0.249 e. The molecule has 4 nitrogen and oxygen atoms in total. The van der Waals surface area contributed by atoms with E-state index in [1.165, 1.54) is 11.1 Å². The molecule has 148 valence electrons. The molecule has 4 heteroatoms. The summed E-state index contributed by atoms with van der Waals surface area (Å²) < 4.78 is 11.2. The van der Waals surface area contributed by atoms with Gasteiger partial charge in [-0.15, -0.1) is 0 Å². The molecular weight excluding hydrogens is 362 g/mol. The van der Waals surface area contributed by atoms with Crippen LogP contribution in [0.2, 0.25) is 0 Å². The number of amides is 1. The standard InChI is InChI=1S/C25H25NO3/c1-18(29-17-20-5-3-2-4-6-20)25(27)26-16-19-7-9-21(10-8-19)22-11-12-24-23(15-22)13-14-28-24/h2-12,15,18H,13-14,16-17H2,1H3,(H,26,27). The number of benzene rings is 3. The highest BCUT2D eigenvalue weighted by Gasteiger charge is 2.14. The lowest BCUT2D eigenvalue weighted by molar-refractivity contribution is -0.132. The molecule has 3 aromatic rings. The Balaban J connectivity index is 1.29. The lowest BCUT2D eigenvalue weighted by Gasteiger charge is -2.14. The molecule has 0 bridgehead atoms. The minimum Gasteiger partial charge on any atom is -0.493 e. The summed E-state index contributed by atoms with van der Waals surface area (Å²) in [7, 11) is 0. The highest BCUT2D eigenvalue weighted by molar-refractivity contribution is 5.80. The largest absolute Gasteiger partial charge is 0.493 e. The van der Waals surface area contributed by atoms with E-state index in [0.29, 0.717) is 13.2 Å². The zero-order chi connectivity index (χ0) is 20.1. The van der Waals surface area contributed by atoms with Gasteiger partial charge in [0.2, 0.25) is 5.91 Å². The molecule has 29 heavy (non-hydrogen) atoms. The minimum atomic E-state index is -0.497. The van der Waals surface area contributed by atoms with Gasteiger partial charge < -0.3 is 14.8 Å². The van der Waals surface area contributed by atoms with Crippen LogP contribution in [0.5, 0.6) is 5.75 Å². The summed E-state index contributed by atoms with van der Waals surface area (Å²) in [6, 6.07) is 24.5. The fourth-order valence-corrected chi connectivity index (χ4v) is 3.39. The maximum absolute atomic E-state index is 12.3. The number of nitrogens with one attached hydrogen (secondary N) is 1. The number of carbonyl (C=O) groups excluding carboxylic acids is 1. The molecule has 1 aliphatic rings. The molecular formula is C25H25NO3. The number of hydrogen-bond donors (Lipinski definition) is 1. The van der Waals surface area contributed by atoms with Gasteiger partial charge in [-0.3, -0.25) is 4.79 Å². The number of carbonyl (C=O) groups is 1. The fourth-order valence-electron chi connectivity index (χ4n) is 3.39. The van der Waals surface area contributed by atoms with Crippen LogP contribution < -0.4 is 10.1 Å². The molecule has 1 amide bonds. The average Bonchev–Trinajstić information content (AvgIpc) is 3.25. The molecule has 0 fully saturated rings. The van der Waals surface area contributed by atoms with Gasteiger partial charge in [0.15, 0.2) is 0 Å². The number of rotatable bonds is 7. The van der Waals surface area contributed by atoms with Crippen molar-refractivity contribution in [3.63, 3.8) is 0 Å². The van der Waals surface area contributed by atoms with Crippen molar-refractivity contribution in [1.29, 1.82) is 0 Å². The van der Waals surface area contributed by atoms with E-state index in [2.05, 4.69) is 41.7 Å². The Kier molecular flexibility index (Phi) is 5.92. The van der Waals surface area contributed by atoms with Gasteiger partial charge in [-0.05, 0) is 46.9 Å². The first kappa shape index (κ1) is 19.2. The normalized spacial score (nSPS) is 13.4. The number of fused-ring (bicyclic) bond motifs is 1. The predicted octanol–water partition coefficient (Wildman–Crippen LogP) is 4.51. The SMILES string of the molecule is CC(OCc1ccccc1)C(=O)NCc1ccc(-c2ccc3c(c2)CCO3)cc1. The highest BCUT2D eigenvalue weighted by atomic mass is 16.5. The Bertz CT molecular complexity index is 967. The van der Waals surface area contributed by atoms with Crippen molar-refractivity contribution in [2.45, 2.75) is 32.6 Å².